The van der Waals surface area contributed by atoms with Crippen LogP contribution in [-0.4, -0.2) is 68.3 Å². The smallest absolute Gasteiger partial charge is 0.333 e. The van der Waals surface area contributed by atoms with Gasteiger partial charge in [0, 0.05) is 96.2 Å². The molecule has 13 heteroatoms. The van der Waals surface area contributed by atoms with Gasteiger partial charge in [-0.15, -0.1) is 5.06 Å². The molecule has 0 aliphatic carbocycles. The third-order valence-corrected chi connectivity index (χ3v) is 14.8. The number of sulfonamides is 1. The molecule has 0 aromatic heterocycles. The molecule has 0 atom stereocenters. The summed E-state index contributed by atoms with van der Waals surface area (Å²) < 4.78 is 39.3. The van der Waals surface area contributed by atoms with Gasteiger partial charge in [0.25, 0.3) is 11.8 Å². The van der Waals surface area contributed by atoms with Crippen molar-refractivity contribution < 1.29 is 32.4 Å². The molecule has 10 rings (SSSR count). The van der Waals surface area contributed by atoms with Gasteiger partial charge >= 0.3 is 5.97 Å². The zero-order chi connectivity index (χ0) is 36.9. The molecule has 0 N–H and O–H groups in total. The maximum absolute atomic E-state index is 15.1. The minimum Gasteiger partial charge on any atom is -0.456 e. The average Bonchev–Trinajstić information content (AvgIpc) is 3.58. The molecule has 1 fully saturated rings. The molecule has 54 heavy (non-hydrogen) atoms. The lowest BCUT2D eigenvalue weighted by atomic mass is 9.70. The van der Waals surface area contributed by atoms with Gasteiger partial charge < -0.3 is 19.4 Å². The van der Waals surface area contributed by atoms with Crippen LogP contribution in [0.25, 0.3) is 0 Å². The molecule has 0 radical (unpaired) electrons. The molecular weight excluding hydrogens is 728 g/mol. The zero-order valence-corrected chi connectivity index (χ0v) is 31.8. The van der Waals surface area contributed by atoms with Gasteiger partial charge in [0.2, 0.25) is 10.0 Å². The number of anilines is 2. The summed E-state index contributed by atoms with van der Waals surface area (Å²) in [6.07, 6.45) is 9.16. The van der Waals surface area contributed by atoms with Gasteiger partial charge in [-0.2, -0.15) is 4.31 Å². The summed E-state index contributed by atoms with van der Waals surface area (Å²) in [6, 6.07) is 9.85. The lowest BCUT2D eigenvalue weighted by Crippen LogP contribution is -2.49. The zero-order valence-electron chi connectivity index (χ0n) is 30.3. The number of hydrogen-bond donors (Lipinski definition) is 0. The number of fused-ring (bicyclic) bond motifs is 8. The Morgan fingerprint density at radius 2 is 1.31 bits per heavy atom. The highest BCUT2D eigenvalue weighted by Gasteiger charge is 2.61. The van der Waals surface area contributed by atoms with Crippen molar-refractivity contribution in [1.29, 1.82) is 0 Å². The Morgan fingerprint density at radius 1 is 0.741 bits per heavy atom. The van der Waals surface area contributed by atoms with Crippen molar-refractivity contribution in [2.75, 3.05) is 42.5 Å². The quantitative estimate of drug-likeness (QED) is 0.202. The van der Waals surface area contributed by atoms with E-state index in [9.17, 15) is 14.4 Å². The van der Waals surface area contributed by atoms with Crippen LogP contribution in [-0.2, 0) is 60.5 Å². The van der Waals surface area contributed by atoms with Gasteiger partial charge in [0.05, 0.1) is 4.90 Å². The minimum absolute atomic E-state index is 0.00227. The van der Waals surface area contributed by atoms with Crippen LogP contribution >= 0.6 is 11.6 Å². The number of carbonyl (C=O) groups excluding carboxylic acids is 3. The Bertz CT molecular complexity index is 2170. The van der Waals surface area contributed by atoms with Gasteiger partial charge in [-0.3, -0.25) is 9.59 Å². The minimum atomic E-state index is -4.07. The van der Waals surface area contributed by atoms with Gasteiger partial charge in [-0.1, -0.05) is 24.1 Å². The van der Waals surface area contributed by atoms with E-state index in [1.54, 1.807) is 10.4 Å². The fourth-order valence-electron chi connectivity index (χ4n) is 10.5. The van der Waals surface area contributed by atoms with E-state index in [1.807, 2.05) is 12.1 Å². The Kier molecular flexibility index (Phi) is 8.09. The van der Waals surface area contributed by atoms with E-state index in [-0.39, 0.29) is 30.7 Å². The van der Waals surface area contributed by atoms with Gasteiger partial charge in [0.1, 0.15) is 17.0 Å². The van der Waals surface area contributed by atoms with E-state index in [4.69, 9.17) is 21.2 Å². The average molecular weight is 771 g/mol. The normalized spacial score (nSPS) is 21.3. The number of unbranched alkanes of at least 4 members (excludes halogenated alkanes) is 2. The number of ether oxygens (including phenoxy) is 1. The number of amides is 2. The molecule has 7 aliphatic heterocycles. The second kappa shape index (κ2) is 12.7. The van der Waals surface area contributed by atoms with Crippen LogP contribution in [0.1, 0.15) is 103 Å². The van der Waals surface area contributed by atoms with Crippen molar-refractivity contribution in [2.45, 2.75) is 100 Å². The Hall–Kier alpha value is -4.13. The van der Waals surface area contributed by atoms with Crippen LogP contribution in [0.5, 0.6) is 11.5 Å². The van der Waals surface area contributed by atoms with Gasteiger partial charge in [-0.05, 0) is 99.6 Å². The van der Waals surface area contributed by atoms with Crippen LogP contribution < -0.4 is 14.5 Å². The topological polar surface area (TPSA) is 117 Å². The fourth-order valence-corrected chi connectivity index (χ4v) is 12.7. The number of carbonyl (C=O) groups is 3. The third-order valence-electron chi connectivity index (χ3n) is 12.6. The molecule has 1 saturated heterocycles. The Morgan fingerprint density at radius 3 is 1.91 bits per heavy atom. The SMILES string of the molecule is O=C(CCCCCN1C2(c3ccc(Cl)cc3S1(=O)=O)c1cc3c4c(c1Oc1c2cc2c5c1CCCN5CCC2)CCCN4CCC3)ON1C(=O)CCC1=O. The molecule has 282 valence electrons. The van der Waals surface area contributed by atoms with E-state index < -0.39 is 33.3 Å². The number of nitrogens with zero attached hydrogens (tertiary/aromatic N) is 4. The maximum Gasteiger partial charge on any atom is 0.333 e. The lowest BCUT2D eigenvalue weighted by Gasteiger charge is -2.48. The Balaban J connectivity index is 1.11. The highest BCUT2D eigenvalue weighted by molar-refractivity contribution is 7.89. The first-order valence-corrected chi connectivity index (χ1v) is 21.5. The molecule has 3 aromatic carbocycles. The maximum atomic E-state index is 15.1. The number of hydrogen-bond acceptors (Lipinski definition) is 9. The summed E-state index contributed by atoms with van der Waals surface area (Å²) in [6.45, 7) is 4.23. The van der Waals surface area contributed by atoms with Crippen molar-refractivity contribution >= 4 is 50.8 Å². The summed E-state index contributed by atoms with van der Waals surface area (Å²) in [5.74, 6) is -0.0807. The number of benzene rings is 3. The van der Waals surface area contributed by atoms with Crippen LogP contribution in [0.4, 0.5) is 11.4 Å². The fraction of sp³-hybridized carbons (Fsp3) is 0.488. The van der Waals surface area contributed by atoms with Crippen molar-refractivity contribution in [2.24, 2.45) is 0 Å². The molecule has 0 saturated carbocycles. The summed E-state index contributed by atoms with van der Waals surface area (Å²) >= 11 is 6.60. The predicted molar refractivity (Wildman–Crippen MR) is 202 cm³/mol. The second-order valence-corrected chi connectivity index (χ2v) is 18.0. The third kappa shape index (κ3) is 4.94. The van der Waals surface area contributed by atoms with E-state index in [0.29, 0.717) is 34.9 Å². The molecule has 3 aromatic rings. The van der Waals surface area contributed by atoms with Gasteiger partial charge in [0.15, 0.2) is 0 Å². The molecule has 7 heterocycles. The predicted octanol–water partition coefficient (Wildman–Crippen LogP) is 6.31. The number of rotatable bonds is 7. The van der Waals surface area contributed by atoms with E-state index in [1.165, 1.54) is 33.6 Å². The van der Waals surface area contributed by atoms with Crippen molar-refractivity contribution in [1.82, 2.24) is 9.37 Å². The Labute approximate surface area is 320 Å². The summed E-state index contributed by atoms with van der Waals surface area (Å²) in [5, 5.41) is 0.935. The number of aryl methyl sites for hydroxylation is 2. The molecule has 7 aliphatic rings. The first-order valence-electron chi connectivity index (χ1n) is 19.6. The van der Waals surface area contributed by atoms with Gasteiger partial charge in [-0.25, -0.2) is 13.2 Å². The molecule has 2 amide bonds. The first-order chi connectivity index (χ1) is 26.2. The molecule has 1 spiro atoms. The van der Waals surface area contributed by atoms with Crippen molar-refractivity contribution in [3.63, 3.8) is 0 Å². The van der Waals surface area contributed by atoms with Crippen LogP contribution in [0.15, 0.2) is 35.2 Å². The lowest BCUT2D eigenvalue weighted by molar-refractivity contribution is -0.197. The van der Waals surface area contributed by atoms with E-state index in [0.717, 1.165) is 100 Å². The monoisotopic (exact) mass is 770 g/mol. The van der Waals surface area contributed by atoms with Crippen LogP contribution in [0, 0.1) is 0 Å². The highest BCUT2D eigenvalue weighted by atomic mass is 35.5. The standard InChI is InChI=1S/C41H43ClN4O7S/c42-27-13-14-30-33(24-27)54(50,51)45(21-3-1-2-12-36(49)53-46-34(47)15-16-35(46)48)41(30)31-22-25-8-4-17-43-19-6-10-28(37(25)43)39(31)52-40-29-11-7-20-44-18-5-9-26(38(29)44)23-32(40)41/h13-14,22-24H,1-12,15-21H2. The highest BCUT2D eigenvalue weighted by Crippen LogP contribution is 2.64. The molecular formula is C41H43ClN4O7S. The molecule has 0 unspecified atom stereocenters. The van der Waals surface area contributed by atoms with Crippen LogP contribution in [0.2, 0.25) is 5.02 Å². The van der Waals surface area contributed by atoms with Crippen molar-refractivity contribution in [3.8, 4) is 11.5 Å². The van der Waals surface area contributed by atoms with Crippen LogP contribution in [0.3, 0.4) is 0 Å². The number of hydroxylamine groups is 2. The second-order valence-electron chi connectivity index (χ2n) is 15.8. The number of halogens is 1. The largest absolute Gasteiger partial charge is 0.456 e. The first kappa shape index (κ1) is 34.4. The van der Waals surface area contributed by atoms with Crippen molar-refractivity contribution in [3.05, 3.63) is 74.3 Å². The van der Waals surface area contributed by atoms with E-state index >= 15 is 8.42 Å². The van der Waals surface area contributed by atoms with E-state index in [2.05, 4.69) is 21.9 Å². The molecule has 0 bridgehead atoms. The summed E-state index contributed by atoms with van der Waals surface area (Å²) in [4.78, 5) is 46.8. The molecule has 11 nitrogen and oxygen atoms in total. The summed E-state index contributed by atoms with van der Waals surface area (Å²) in [7, 11) is -4.07. The summed E-state index contributed by atoms with van der Waals surface area (Å²) in [5.41, 5.74) is 8.69. The number of imide groups is 1.